The van der Waals surface area contributed by atoms with E-state index in [-0.39, 0.29) is 24.3 Å². The quantitative estimate of drug-likeness (QED) is 0.717. The summed E-state index contributed by atoms with van der Waals surface area (Å²) in [6.07, 6.45) is -0.842. The van der Waals surface area contributed by atoms with Crippen molar-refractivity contribution in [3.63, 3.8) is 0 Å². The lowest BCUT2D eigenvalue weighted by Gasteiger charge is -2.21. The lowest BCUT2D eigenvalue weighted by Crippen LogP contribution is -2.40. The number of aryl methyl sites for hydroxylation is 1. The van der Waals surface area contributed by atoms with E-state index in [1.165, 1.54) is 6.07 Å². The van der Waals surface area contributed by atoms with Gasteiger partial charge in [-0.2, -0.15) is 0 Å². The Bertz CT molecular complexity index is 528. The van der Waals surface area contributed by atoms with E-state index in [9.17, 15) is 19.8 Å². The van der Waals surface area contributed by atoms with E-state index in [2.05, 4.69) is 0 Å². The molecule has 0 spiro atoms. The fourth-order valence-corrected chi connectivity index (χ4v) is 2.26. The fraction of sp³-hybridized carbons (Fsp3) is 0.385. The number of amides is 1. The molecule has 0 bridgehead atoms. The number of aliphatic hydroxyl groups is 1. The number of benzene rings is 1. The second-order valence-corrected chi connectivity index (χ2v) is 4.67. The van der Waals surface area contributed by atoms with Crippen molar-refractivity contribution in [1.29, 1.82) is 0 Å². The van der Waals surface area contributed by atoms with Crippen LogP contribution in [-0.2, 0) is 4.79 Å². The first-order valence-corrected chi connectivity index (χ1v) is 5.92. The molecule has 102 valence electrons. The second-order valence-electron chi connectivity index (χ2n) is 4.67. The molecule has 6 heteroatoms. The van der Waals surface area contributed by atoms with Crippen LogP contribution >= 0.6 is 0 Å². The predicted molar refractivity (Wildman–Crippen MR) is 65.9 cm³/mol. The molecule has 0 aromatic heterocycles. The largest absolute Gasteiger partial charge is 0.507 e. The van der Waals surface area contributed by atoms with E-state index < -0.39 is 24.0 Å². The number of hydrogen-bond donors (Lipinski definition) is 3. The molecule has 0 saturated carbocycles. The first kappa shape index (κ1) is 13.4. The summed E-state index contributed by atoms with van der Waals surface area (Å²) in [7, 11) is 0. The number of phenolic OH excluding ortho intramolecular Hbond substituents is 1. The third kappa shape index (κ3) is 2.39. The van der Waals surface area contributed by atoms with Crippen molar-refractivity contribution in [2.24, 2.45) is 0 Å². The molecule has 1 fully saturated rings. The van der Waals surface area contributed by atoms with Gasteiger partial charge in [0, 0.05) is 13.0 Å². The number of hydrogen-bond acceptors (Lipinski definition) is 4. The van der Waals surface area contributed by atoms with Crippen LogP contribution in [0, 0.1) is 6.92 Å². The second kappa shape index (κ2) is 4.89. The summed E-state index contributed by atoms with van der Waals surface area (Å²) >= 11 is 0. The van der Waals surface area contributed by atoms with Gasteiger partial charge in [-0.3, -0.25) is 4.79 Å². The van der Waals surface area contributed by atoms with Gasteiger partial charge < -0.3 is 20.2 Å². The first-order valence-electron chi connectivity index (χ1n) is 5.92. The zero-order chi connectivity index (χ0) is 14.2. The Kier molecular flexibility index (Phi) is 3.44. The molecule has 6 nitrogen and oxygen atoms in total. The minimum Gasteiger partial charge on any atom is -0.507 e. The first-order chi connectivity index (χ1) is 8.91. The van der Waals surface area contributed by atoms with Crippen LogP contribution in [0.5, 0.6) is 5.75 Å². The number of carboxylic acid groups (broad SMARTS) is 1. The summed E-state index contributed by atoms with van der Waals surface area (Å²) < 4.78 is 0. The zero-order valence-electron chi connectivity index (χ0n) is 10.4. The Morgan fingerprint density at radius 3 is 2.68 bits per heavy atom. The number of β-amino-alcohol motifs (C(OH)–C–C–N with tert-alkyl or cyclic N) is 1. The van der Waals surface area contributed by atoms with Gasteiger partial charge in [-0.25, -0.2) is 4.79 Å². The maximum Gasteiger partial charge on any atom is 0.326 e. The molecule has 3 N–H and O–H groups in total. The van der Waals surface area contributed by atoms with E-state index in [1.807, 2.05) is 0 Å². The molecule has 1 aliphatic heterocycles. The van der Waals surface area contributed by atoms with Crippen molar-refractivity contribution >= 4 is 11.9 Å². The molecule has 19 heavy (non-hydrogen) atoms. The van der Waals surface area contributed by atoms with Crippen molar-refractivity contribution in [2.75, 3.05) is 6.54 Å². The van der Waals surface area contributed by atoms with Crippen molar-refractivity contribution in [3.05, 3.63) is 29.3 Å². The minimum atomic E-state index is -1.16. The Hall–Kier alpha value is -2.08. The summed E-state index contributed by atoms with van der Waals surface area (Å²) in [5, 5.41) is 28.4. The number of nitrogens with zero attached hydrogens (tertiary/aromatic N) is 1. The normalized spacial score (nSPS) is 22.5. The van der Waals surface area contributed by atoms with Crippen LogP contribution in [-0.4, -0.2) is 50.8 Å². The Morgan fingerprint density at radius 2 is 2.05 bits per heavy atom. The van der Waals surface area contributed by atoms with E-state index in [0.29, 0.717) is 5.56 Å². The molecule has 1 aromatic carbocycles. The molecule has 2 rings (SSSR count). The molecule has 2 atom stereocenters. The highest BCUT2D eigenvalue weighted by Gasteiger charge is 2.39. The van der Waals surface area contributed by atoms with Gasteiger partial charge in [0.2, 0.25) is 0 Å². The number of aliphatic carboxylic acids is 1. The van der Waals surface area contributed by atoms with E-state index in [1.54, 1.807) is 19.1 Å². The third-order valence-electron chi connectivity index (χ3n) is 3.29. The van der Waals surface area contributed by atoms with Gasteiger partial charge in [-0.05, 0) is 18.6 Å². The highest BCUT2D eigenvalue weighted by atomic mass is 16.4. The van der Waals surface area contributed by atoms with Crippen molar-refractivity contribution in [3.8, 4) is 5.75 Å². The zero-order valence-corrected chi connectivity index (χ0v) is 10.4. The van der Waals surface area contributed by atoms with Crippen LogP contribution in [0.2, 0.25) is 0 Å². The topological polar surface area (TPSA) is 98.1 Å². The van der Waals surface area contributed by atoms with Crippen LogP contribution in [0.4, 0.5) is 0 Å². The van der Waals surface area contributed by atoms with E-state index >= 15 is 0 Å². The van der Waals surface area contributed by atoms with Crippen molar-refractivity contribution in [2.45, 2.75) is 25.5 Å². The maximum atomic E-state index is 12.3. The van der Waals surface area contributed by atoms with Crippen LogP contribution in [0.25, 0.3) is 0 Å². The summed E-state index contributed by atoms with van der Waals surface area (Å²) in [5.74, 6) is -1.89. The highest BCUT2D eigenvalue weighted by Crippen LogP contribution is 2.27. The predicted octanol–water partition coefficient (Wildman–Crippen LogP) is 0.361. The van der Waals surface area contributed by atoms with Crippen LogP contribution in [0.1, 0.15) is 22.3 Å². The van der Waals surface area contributed by atoms with E-state index in [0.717, 1.165) is 4.90 Å². The molecular formula is C13H15NO5. The van der Waals surface area contributed by atoms with E-state index in [4.69, 9.17) is 5.11 Å². The molecule has 1 saturated heterocycles. The molecule has 0 radical (unpaired) electrons. The summed E-state index contributed by atoms with van der Waals surface area (Å²) in [4.78, 5) is 24.4. The minimum absolute atomic E-state index is 0.00759. The number of aromatic hydroxyl groups is 1. The maximum absolute atomic E-state index is 12.3. The summed E-state index contributed by atoms with van der Waals surface area (Å²) in [6, 6.07) is 3.65. The molecule has 1 amide bonds. The number of carbonyl (C=O) groups excluding carboxylic acids is 1. The highest BCUT2D eigenvalue weighted by molar-refractivity contribution is 5.99. The number of carboxylic acids is 1. The number of aliphatic hydroxyl groups excluding tert-OH is 1. The number of carbonyl (C=O) groups is 2. The molecule has 1 aliphatic rings. The molecule has 1 heterocycles. The number of likely N-dealkylation sites (tertiary alicyclic amines) is 1. The smallest absolute Gasteiger partial charge is 0.326 e. The summed E-state index contributed by atoms with van der Waals surface area (Å²) in [5.41, 5.74) is 0.595. The van der Waals surface area contributed by atoms with Crippen LogP contribution < -0.4 is 0 Å². The van der Waals surface area contributed by atoms with Gasteiger partial charge in [0.15, 0.2) is 0 Å². The van der Waals surface area contributed by atoms with Crippen molar-refractivity contribution in [1.82, 2.24) is 4.90 Å². The molecular weight excluding hydrogens is 250 g/mol. The van der Waals surface area contributed by atoms with Gasteiger partial charge in [0.05, 0.1) is 11.7 Å². The number of phenols is 1. The number of rotatable bonds is 2. The van der Waals surface area contributed by atoms with Crippen LogP contribution in [0.3, 0.4) is 0 Å². The Labute approximate surface area is 109 Å². The van der Waals surface area contributed by atoms with Crippen molar-refractivity contribution < 1.29 is 24.9 Å². The Morgan fingerprint density at radius 1 is 1.37 bits per heavy atom. The third-order valence-corrected chi connectivity index (χ3v) is 3.29. The lowest BCUT2D eigenvalue weighted by atomic mass is 10.1. The number of para-hydroxylation sites is 1. The fourth-order valence-electron chi connectivity index (χ4n) is 2.26. The van der Waals surface area contributed by atoms with Gasteiger partial charge in [0.1, 0.15) is 11.8 Å². The molecule has 1 unspecified atom stereocenters. The van der Waals surface area contributed by atoms with Gasteiger partial charge in [-0.15, -0.1) is 0 Å². The Balaban J connectivity index is 2.33. The van der Waals surface area contributed by atoms with Gasteiger partial charge in [0.25, 0.3) is 5.91 Å². The average molecular weight is 265 g/mol. The average Bonchev–Trinajstić information content (AvgIpc) is 2.74. The monoisotopic (exact) mass is 265 g/mol. The van der Waals surface area contributed by atoms with Crippen LogP contribution in [0.15, 0.2) is 18.2 Å². The lowest BCUT2D eigenvalue weighted by molar-refractivity contribution is -0.141. The van der Waals surface area contributed by atoms with Gasteiger partial charge >= 0.3 is 5.97 Å². The molecule has 0 aliphatic carbocycles. The SMILES string of the molecule is Cc1cccc(C(=O)N2CC(O)C[C@H]2C(=O)O)c1O. The summed E-state index contributed by atoms with van der Waals surface area (Å²) in [6.45, 7) is 1.61. The standard InChI is InChI=1S/C13H15NO5/c1-7-3-2-4-9(11(7)16)12(17)14-6-8(15)5-10(14)13(18)19/h2-4,8,10,15-16H,5-6H2,1H3,(H,18,19)/t8?,10-/m0/s1. The van der Waals surface area contributed by atoms with Gasteiger partial charge in [-0.1, -0.05) is 12.1 Å². The molecule has 1 aromatic rings.